The van der Waals surface area contributed by atoms with E-state index in [-0.39, 0.29) is 5.91 Å². The molecule has 2 heterocycles. The molecule has 1 saturated heterocycles. The molecule has 0 aliphatic carbocycles. The lowest BCUT2D eigenvalue weighted by Gasteiger charge is -2.34. The third-order valence-corrected chi connectivity index (χ3v) is 3.77. The highest BCUT2D eigenvalue weighted by molar-refractivity contribution is 5.79. The number of para-hydroxylation sites is 2. The first kappa shape index (κ1) is 12.0. The monoisotopic (exact) mass is 258 g/mol. The molecule has 1 aliphatic rings. The van der Waals surface area contributed by atoms with Gasteiger partial charge < -0.3 is 14.4 Å². The predicted molar refractivity (Wildman–Crippen MR) is 75.2 cm³/mol. The van der Waals surface area contributed by atoms with Crippen molar-refractivity contribution in [3.63, 3.8) is 0 Å². The summed E-state index contributed by atoms with van der Waals surface area (Å²) >= 11 is 0. The van der Waals surface area contributed by atoms with Crippen LogP contribution in [-0.2, 0) is 11.8 Å². The second-order valence-corrected chi connectivity index (χ2v) is 4.95. The van der Waals surface area contributed by atoms with Gasteiger partial charge in [0.1, 0.15) is 0 Å². The highest BCUT2D eigenvalue weighted by Crippen LogP contribution is 2.21. The van der Waals surface area contributed by atoms with Gasteiger partial charge in [0.05, 0.1) is 11.0 Å². The average molecular weight is 258 g/mol. The SMILES string of the molecule is CC(=O)N1CCN(c2nc3ccccc3n2C)CC1. The predicted octanol–water partition coefficient (Wildman–Crippen LogP) is 1.24. The number of aryl methyl sites for hydroxylation is 1. The number of fused-ring (bicyclic) bond motifs is 1. The first-order chi connectivity index (χ1) is 9.16. The lowest BCUT2D eigenvalue weighted by atomic mass is 10.3. The Morgan fingerprint density at radius 3 is 2.47 bits per heavy atom. The van der Waals surface area contributed by atoms with Crippen molar-refractivity contribution in [3.8, 4) is 0 Å². The van der Waals surface area contributed by atoms with Crippen molar-refractivity contribution in [2.75, 3.05) is 31.1 Å². The van der Waals surface area contributed by atoms with E-state index in [9.17, 15) is 4.79 Å². The van der Waals surface area contributed by atoms with Crippen molar-refractivity contribution in [1.29, 1.82) is 0 Å². The number of amides is 1. The van der Waals surface area contributed by atoms with Gasteiger partial charge in [0.2, 0.25) is 11.9 Å². The van der Waals surface area contributed by atoms with Crippen LogP contribution in [0.3, 0.4) is 0 Å². The maximum absolute atomic E-state index is 11.3. The van der Waals surface area contributed by atoms with Gasteiger partial charge in [0, 0.05) is 40.2 Å². The van der Waals surface area contributed by atoms with Gasteiger partial charge in [0.15, 0.2) is 0 Å². The van der Waals surface area contributed by atoms with Crippen molar-refractivity contribution in [2.24, 2.45) is 7.05 Å². The van der Waals surface area contributed by atoms with E-state index in [1.807, 2.05) is 30.1 Å². The molecule has 0 radical (unpaired) electrons. The van der Waals surface area contributed by atoms with Gasteiger partial charge in [-0.3, -0.25) is 4.79 Å². The largest absolute Gasteiger partial charge is 0.339 e. The summed E-state index contributed by atoms with van der Waals surface area (Å²) in [5, 5.41) is 0. The van der Waals surface area contributed by atoms with Crippen molar-refractivity contribution in [2.45, 2.75) is 6.92 Å². The number of imidazole rings is 1. The number of hydrogen-bond donors (Lipinski definition) is 0. The zero-order chi connectivity index (χ0) is 13.4. The normalized spacial score (nSPS) is 16.1. The second-order valence-electron chi connectivity index (χ2n) is 4.95. The molecule has 1 aliphatic heterocycles. The van der Waals surface area contributed by atoms with E-state index in [1.54, 1.807) is 6.92 Å². The molecule has 0 N–H and O–H groups in total. The summed E-state index contributed by atoms with van der Waals surface area (Å²) in [5.41, 5.74) is 2.17. The fraction of sp³-hybridized carbons (Fsp3) is 0.429. The Balaban J connectivity index is 1.86. The molecule has 5 nitrogen and oxygen atoms in total. The van der Waals surface area contributed by atoms with E-state index in [0.717, 1.165) is 43.2 Å². The molecule has 19 heavy (non-hydrogen) atoms. The summed E-state index contributed by atoms with van der Waals surface area (Å²) < 4.78 is 2.12. The van der Waals surface area contributed by atoms with Gasteiger partial charge in [-0.1, -0.05) is 12.1 Å². The molecule has 5 heteroatoms. The van der Waals surface area contributed by atoms with Crippen LogP contribution in [0, 0.1) is 0 Å². The van der Waals surface area contributed by atoms with Gasteiger partial charge in [-0.25, -0.2) is 4.98 Å². The quantitative estimate of drug-likeness (QED) is 0.773. The summed E-state index contributed by atoms with van der Waals surface area (Å²) in [4.78, 5) is 20.2. The van der Waals surface area contributed by atoms with Crippen LogP contribution < -0.4 is 4.90 Å². The molecule has 1 fully saturated rings. The van der Waals surface area contributed by atoms with Crippen LogP contribution in [-0.4, -0.2) is 46.5 Å². The smallest absolute Gasteiger partial charge is 0.219 e. The van der Waals surface area contributed by atoms with Crippen LogP contribution in [0.4, 0.5) is 5.95 Å². The molecule has 100 valence electrons. The summed E-state index contributed by atoms with van der Waals surface area (Å²) in [6, 6.07) is 8.15. The molecule has 0 unspecified atom stereocenters. The molecule has 1 amide bonds. The second kappa shape index (κ2) is 4.57. The Morgan fingerprint density at radius 2 is 1.84 bits per heavy atom. The van der Waals surface area contributed by atoms with Gasteiger partial charge in [0.25, 0.3) is 0 Å². The van der Waals surface area contributed by atoms with E-state index in [4.69, 9.17) is 4.98 Å². The van der Waals surface area contributed by atoms with Crippen molar-refractivity contribution in [1.82, 2.24) is 14.5 Å². The van der Waals surface area contributed by atoms with E-state index >= 15 is 0 Å². The molecule has 2 aromatic rings. The van der Waals surface area contributed by atoms with Crippen LogP contribution in [0.25, 0.3) is 11.0 Å². The lowest BCUT2D eigenvalue weighted by Crippen LogP contribution is -2.48. The molecule has 0 spiro atoms. The standard InChI is InChI=1S/C14H18N4O/c1-11(19)17-7-9-18(10-8-17)14-15-12-5-3-4-6-13(12)16(14)2/h3-6H,7-10H2,1-2H3. The van der Waals surface area contributed by atoms with Gasteiger partial charge in [-0.15, -0.1) is 0 Å². The number of benzene rings is 1. The number of piperazine rings is 1. The van der Waals surface area contributed by atoms with E-state index in [2.05, 4.69) is 15.5 Å². The average Bonchev–Trinajstić information content (AvgIpc) is 2.77. The summed E-state index contributed by atoms with van der Waals surface area (Å²) in [5.74, 6) is 1.15. The lowest BCUT2D eigenvalue weighted by molar-refractivity contribution is -0.129. The Hall–Kier alpha value is -2.04. The van der Waals surface area contributed by atoms with Crippen molar-refractivity contribution >= 4 is 22.9 Å². The summed E-state index contributed by atoms with van der Waals surface area (Å²) in [7, 11) is 2.04. The number of rotatable bonds is 1. The van der Waals surface area contributed by atoms with Crippen LogP contribution in [0.15, 0.2) is 24.3 Å². The highest BCUT2D eigenvalue weighted by atomic mass is 16.2. The third-order valence-electron chi connectivity index (χ3n) is 3.77. The Kier molecular flexibility index (Phi) is 2.89. The van der Waals surface area contributed by atoms with Crippen LogP contribution in [0.2, 0.25) is 0 Å². The molecule has 3 rings (SSSR count). The number of carbonyl (C=O) groups is 1. The molecule has 0 atom stereocenters. The van der Waals surface area contributed by atoms with E-state index in [1.165, 1.54) is 0 Å². The maximum atomic E-state index is 11.3. The minimum atomic E-state index is 0.157. The van der Waals surface area contributed by atoms with Crippen molar-refractivity contribution in [3.05, 3.63) is 24.3 Å². The number of carbonyl (C=O) groups excluding carboxylic acids is 1. The molecule has 0 saturated carbocycles. The number of aromatic nitrogens is 2. The minimum absolute atomic E-state index is 0.157. The minimum Gasteiger partial charge on any atom is -0.339 e. The highest BCUT2D eigenvalue weighted by Gasteiger charge is 2.22. The van der Waals surface area contributed by atoms with Crippen LogP contribution in [0.1, 0.15) is 6.92 Å². The molecule has 0 bridgehead atoms. The Morgan fingerprint density at radius 1 is 1.16 bits per heavy atom. The topological polar surface area (TPSA) is 41.4 Å². The first-order valence-electron chi connectivity index (χ1n) is 6.59. The fourth-order valence-corrected chi connectivity index (χ4v) is 2.64. The van der Waals surface area contributed by atoms with E-state index in [0.29, 0.717) is 0 Å². The molecular weight excluding hydrogens is 240 g/mol. The van der Waals surface area contributed by atoms with Crippen LogP contribution >= 0.6 is 0 Å². The fourth-order valence-electron chi connectivity index (χ4n) is 2.64. The Bertz CT molecular complexity index is 611. The summed E-state index contributed by atoms with van der Waals surface area (Å²) in [6.07, 6.45) is 0. The molecule has 1 aromatic carbocycles. The van der Waals surface area contributed by atoms with Gasteiger partial charge >= 0.3 is 0 Å². The number of anilines is 1. The summed E-state index contributed by atoms with van der Waals surface area (Å²) in [6.45, 7) is 4.87. The van der Waals surface area contributed by atoms with E-state index < -0.39 is 0 Å². The third kappa shape index (κ3) is 2.05. The van der Waals surface area contributed by atoms with Gasteiger partial charge in [-0.2, -0.15) is 0 Å². The zero-order valence-corrected chi connectivity index (χ0v) is 11.3. The zero-order valence-electron chi connectivity index (χ0n) is 11.3. The van der Waals surface area contributed by atoms with Crippen molar-refractivity contribution < 1.29 is 4.79 Å². The number of hydrogen-bond acceptors (Lipinski definition) is 3. The van der Waals surface area contributed by atoms with Crippen LogP contribution in [0.5, 0.6) is 0 Å². The molecular formula is C14H18N4O. The van der Waals surface area contributed by atoms with Gasteiger partial charge in [-0.05, 0) is 12.1 Å². The Labute approximate surface area is 112 Å². The first-order valence-corrected chi connectivity index (χ1v) is 6.59. The molecule has 1 aromatic heterocycles. The maximum Gasteiger partial charge on any atom is 0.219 e. The number of nitrogens with zero attached hydrogens (tertiary/aromatic N) is 4.